The molecular weight excluding hydrogens is 266 g/mol. The Kier molecular flexibility index (Phi) is 4.00. The Morgan fingerprint density at radius 1 is 1.31 bits per heavy atom. The summed E-state index contributed by atoms with van der Waals surface area (Å²) < 4.78 is 1.17. The van der Waals surface area contributed by atoms with Gasteiger partial charge in [-0.1, -0.05) is 34.1 Å². The highest BCUT2D eigenvalue weighted by Crippen LogP contribution is 2.29. The molecule has 0 amide bonds. The van der Waals surface area contributed by atoms with E-state index in [0.717, 1.165) is 25.9 Å². The lowest BCUT2D eigenvalue weighted by atomic mass is 10.0. The van der Waals surface area contributed by atoms with Crippen LogP contribution in [0.4, 0.5) is 0 Å². The van der Waals surface area contributed by atoms with Gasteiger partial charge in [-0.3, -0.25) is 4.90 Å². The van der Waals surface area contributed by atoms with Crippen molar-refractivity contribution in [2.75, 3.05) is 13.1 Å². The van der Waals surface area contributed by atoms with Crippen LogP contribution in [0.5, 0.6) is 0 Å². The first-order valence-electron chi connectivity index (χ1n) is 5.85. The Labute approximate surface area is 105 Å². The van der Waals surface area contributed by atoms with Crippen LogP contribution in [0.15, 0.2) is 28.7 Å². The quantitative estimate of drug-likeness (QED) is 0.902. The van der Waals surface area contributed by atoms with Crippen LogP contribution in [0.25, 0.3) is 0 Å². The summed E-state index contributed by atoms with van der Waals surface area (Å²) in [6.45, 7) is 4.21. The normalized spacial score (nSPS) is 20.9. The van der Waals surface area contributed by atoms with E-state index < -0.39 is 0 Å². The third-order valence-corrected chi connectivity index (χ3v) is 4.12. The maximum absolute atomic E-state index is 9.50. The minimum absolute atomic E-state index is 0.0948. The van der Waals surface area contributed by atoms with Crippen molar-refractivity contribution in [2.24, 2.45) is 0 Å². The topological polar surface area (TPSA) is 23.5 Å². The molecular formula is C13H18BrNO. The van der Waals surface area contributed by atoms with Gasteiger partial charge < -0.3 is 5.11 Å². The van der Waals surface area contributed by atoms with Crippen LogP contribution < -0.4 is 0 Å². The maximum atomic E-state index is 9.50. The van der Waals surface area contributed by atoms with Crippen molar-refractivity contribution in [3.8, 4) is 0 Å². The highest BCUT2D eigenvalue weighted by atomic mass is 79.9. The predicted octanol–water partition coefficient (Wildman–Crippen LogP) is 2.97. The lowest BCUT2D eigenvalue weighted by Crippen LogP contribution is -2.37. The highest BCUT2D eigenvalue weighted by Gasteiger charge is 2.22. The summed E-state index contributed by atoms with van der Waals surface area (Å²) in [4.78, 5) is 2.44. The minimum atomic E-state index is -0.0948. The minimum Gasteiger partial charge on any atom is -0.393 e. The molecule has 2 rings (SSSR count). The van der Waals surface area contributed by atoms with E-state index in [1.165, 1.54) is 10.0 Å². The molecule has 2 nitrogen and oxygen atoms in total. The first kappa shape index (κ1) is 12.1. The van der Waals surface area contributed by atoms with Crippen molar-refractivity contribution < 1.29 is 5.11 Å². The summed E-state index contributed by atoms with van der Waals surface area (Å²) in [5.74, 6) is 0. The van der Waals surface area contributed by atoms with Crippen LogP contribution >= 0.6 is 15.9 Å². The van der Waals surface area contributed by atoms with Crippen molar-refractivity contribution in [1.29, 1.82) is 0 Å². The summed E-state index contributed by atoms with van der Waals surface area (Å²) in [6.07, 6.45) is 1.70. The standard InChI is InChI=1S/C13H18BrNO/c1-10(12-4-2-3-5-13(12)14)15-8-6-11(16)7-9-15/h2-5,10-11,16H,6-9H2,1H3. The van der Waals surface area contributed by atoms with Gasteiger partial charge in [-0.25, -0.2) is 0 Å². The van der Waals surface area contributed by atoms with Gasteiger partial charge in [-0.2, -0.15) is 0 Å². The van der Waals surface area contributed by atoms with E-state index in [1.807, 2.05) is 6.07 Å². The summed E-state index contributed by atoms with van der Waals surface area (Å²) in [5.41, 5.74) is 1.33. The largest absolute Gasteiger partial charge is 0.393 e. The lowest BCUT2D eigenvalue weighted by Gasteiger charge is -2.34. The second kappa shape index (κ2) is 5.30. The molecule has 0 saturated carbocycles. The second-order valence-electron chi connectivity index (χ2n) is 4.46. The number of benzene rings is 1. The Balaban J connectivity index is 2.07. The number of hydrogen-bond acceptors (Lipinski definition) is 2. The molecule has 1 aromatic carbocycles. The SMILES string of the molecule is CC(c1ccccc1Br)N1CCC(O)CC1. The van der Waals surface area contributed by atoms with E-state index in [2.05, 4.69) is 46.0 Å². The Bertz CT molecular complexity index is 348. The number of rotatable bonds is 2. The van der Waals surface area contributed by atoms with E-state index in [4.69, 9.17) is 0 Å². The Morgan fingerprint density at radius 2 is 1.94 bits per heavy atom. The Morgan fingerprint density at radius 3 is 2.56 bits per heavy atom. The van der Waals surface area contributed by atoms with E-state index in [1.54, 1.807) is 0 Å². The van der Waals surface area contributed by atoms with Crippen molar-refractivity contribution in [3.63, 3.8) is 0 Å². The van der Waals surface area contributed by atoms with Crippen molar-refractivity contribution in [3.05, 3.63) is 34.3 Å². The molecule has 1 aromatic rings. The molecule has 1 heterocycles. The van der Waals surface area contributed by atoms with Crippen LogP contribution in [0.3, 0.4) is 0 Å². The van der Waals surface area contributed by atoms with Gasteiger partial charge in [0, 0.05) is 23.6 Å². The van der Waals surface area contributed by atoms with Gasteiger partial charge in [0.05, 0.1) is 6.10 Å². The molecule has 1 unspecified atom stereocenters. The number of aliphatic hydroxyl groups is 1. The molecule has 3 heteroatoms. The zero-order valence-corrected chi connectivity index (χ0v) is 11.2. The van der Waals surface area contributed by atoms with Crippen LogP contribution in [-0.2, 0) is 0 Å². The highest BCUT2D eigenvalue weighted by molar-refractivity contribution is 9.10. The van der Waals surface area contributed by atoms with Crippen molar-refractivity contribution in [1.82, 2.24) is 4.90 Å². The third kappa shape index (κ3) is 2.65. The molecule has 1 fully saturated rings. The molecule has 88 valence electrons. The molecule has 0 radical (unpaired) electrons. The van der Waals surface area contributed by atoms with Gasteiger partial charge in [0.2, 0.25) is 0 Å². The fourth-order valence-corrected chi connectivity index (χ4v) is 2.90. The van der Waals surface area contributed by atoms with E-state index >= 15 is 0 Å². The van der Waals surface area contributed by atoms with E-state index in [9.17, 15) is 5.11 Å². The summed E-state index contributed by atoms with van der Waals surface area (Å²) in [6, 6.07) is 8.79. The Hall–Kier alpha value is -0.380. The number of hydrogen-bond donors (Lipinski definition) is 1. The molecule has 16 heavy (non-hydrogen) atoms. The number of piperidine rings is 1. The molecule has 0 spiro atoms. The molecule has 0 aliphatic carbocycles. The first-order chi connectivity index (χ1) is 7.68. The molecule has 0 bridgehead atoms. The zero-order valence-electron chi connectivity index (χ0n) is 9.56. The third-order valence-electron chi connectivity index (χ3n) is 3.40. The van der Waals surface area contributed by atoms with Crippen LogP contribution in [0.2, 0.25) is 0 Å². The fourth-order valence-electron chi connectivity index (χ4n) is 2.28. The van der Waals surface area contributed by atoms with Gasteiger partial charge in [-0.15, -0.1) is 0 Å². The zero-order chi connectivity index (χ0) is 11.5. The average Bonchev–Trinajstić information content (AvgIpc) is 2.30. The smallest absolute Gasteiger partial charge is 0.0564 e. The second-order valence-corrected chi connectivity index (χ2v) is 5.32. The number of aliphatic hydroxyl groups excluding tert-OH is 1. The predicted molar refractivity (Wildman–Crippen MR) is 69.4 cm³/mol. The van der Waals surface area contributed by atoms with E-state index in [0.29, 0.717) is 6.04 Å². The molecule has 1 saturated heterocycles. The van der Waals surface area contributed by atoms with Crippen molar-refractivity contribution in [2.45, 2.75) is 31.9 Å². The van der Waals surface area contributed by atoms with Gasteiger partial charge >= 0.3 is 0 Å². The fraction of sp³-hybridized carbons (Fsp3) is 0.538. The number of halogens is 1. The monoisotopic (exact) mass is 283 g/mol. The molecule has 1 aliphatic heterocycles. The molecule has 1 atom stereocenters. The summed E-state index contributed by atoms with van der Waals surface area (Å²) >= 11 is 3.60. The molecule has 1 N–H and O–H groups in total. The molecule has 1 aliphatic rings. The van der Waals surface area contributed by atoms with Gasteiger partial charge in [-0.05, 0) is 31.4 Å². The van der Waals surface area contributed by atoms with Gasteiger partial charge in [0.1, 0.15) is 0 Å². The number of likely N-dealkylation sites (tertiary alicyclic amines) is 1. The molecule has 0 aromatic heterocycles. The van der Waals surface area contributed by atoms with Crippen molar-refractivity contribution >= 4 is 15.9 Å². The summed E-state index contributed by atoms with van der Waals surface area (Å²) in [7, 11) is 0. The summed E-state index contributed by atoms with van der Waals surface area (Å²) in [5, 5.41) is 9.50. The van der Waals surface area contributed by atoms with Crippen LogP contribution in [0, 0.1) is 0 Å². The lowest BCUT2D eigenvalue weighted by molar-refractivity contribution is 0.0644. The maximum Gasteiger partial charge on any atom is 0.0564 e. The average molecular weight is 284 g/mol. The number of nitrogens with zero attached hydrogens (tertiary/aromatic N) is 1. The van der Waals surface area contributed by atoms with E-state index in [-0.39, 0.29) is 6.10 Å². The van der Waals surface area contributed by atoms with Gasteiger partial charge in [0.15, 0.2) is 0 Å². The van der Waals surface area contributed by atoms with Crippen LogP contribution in [-0.4, -0.2) is 29.2 Å². The first-order valence-corrected chi connectivity index (χ1v) is 6.64. The van der Waals surface area contributed by atoms with Gasteiger partial charge in [0.25, 0.3) is 0 Å². The van der Waals surface area contributed by atoms with Crippen LogP contribution in [0.1, 0.15) is 31.4 Å².